The second-order valence-corrected chi connectivity index (χ2v) is 4.02. The van der Waals surface area contributed by atoms with Crippen LogP contribution in [-0.4, -0.2) is 50.6 Å². The highest BCUT2D eigenvalue weighted by Crippen LogP contribution is 2.04. The van der Waals surface area contributed by atoms with E-state index >= 15 is 0 Å². The van der Waals surface area contributed by atoms with Gasteiger partial charge in [-0.1, -0.05) is 0 Å². The van der Waals surface area contributed by atoms with Crippen molar-refractivity contribution in [3.8, 4) is 0 Å². The van der Waals surface area contributed by atoms with Crippen LogP contribution in [0.1, 0.15) is 20.3 Å². The summed E-state index contributed by atoms with van der Waals surface area (Å²) in [5, 5.41) is 8.62. The number of ether oxygens (including phenoxy) is 2. The Morgan fingerprint density at radius 3 is 1.89 bits per heavy atom. The first kappa shape index (κ1) is 14.6. The number of nitrogens with one attached hydrogen (secondary N) is 3. The zero-order chi connectivity index (χ0) is 13.4. The highest BCUT2D eigenvalue weighted by Gasteiger charge is 2.24. The Kier molecular flexibility index (Phi) is 6.27. The van der Waals surface area contributed by atoms with Gasteiger partial charge in [0.25, 0.3) is 0 Å². The first-order chi connectivity index (χ1) is 8.65. The summed E-state index contributed by atoms with van der Waals surface area (Å²) in [5.74, 6) is 0. The normalized spacial score (nSPS) is 23.0. The van der Waals surface area contributed by atoms with Crippen LogP contribution in [0.5, 0.6) is 0 Å². The summed E-state index contributed by atoms with van der Waals surface area (Å²) in [7, 11) is 0. The molecule has 2 atom stereocenters. The lowest BCUT2D eigenvalue weighted by Crippen LogP contribution is -2.55. The van der Waals surface area contributed by atoms with Crippen molar-refractivity contribution in [2.24, 2.45) is 0 Å². The molecule has 1 unspecified atom stereocenters. The minimum absolute atomic E-state index is 0.0512. The molecule has 1 aliphatic rings. The second kappa shape index (κ2) is 7.75. The van der Waals surface area contributed by atoms with Gasteiger partial charge in [0.2, 0.25) is 0 Å². The monoisotopic (exact) mass is 259 g/mol. The Balaban J connectivity index is 2.31. The third kappa shape index (κ3) is 5.22. The van der Waals surface area contributed by atoms with E-state index in [4.69, 9.17) is 9.47 Å². The third-order valence-corrected chi connectivity index (χ3v) is 2.55. The fourth-order valence-electron chi connectivity index (χ4n) is 1.84. The molecule has 7 heteroatoms. The van der Waals surface area contributed by atoms with Gasteiger partial charge in [0, 0.05) is 25.2 Å². The van der Waals surface area contributed by atoms with Crippen molar-refractivity contribution < 1.29 is 19.1 Å². The van der Waals surface area contributed by atoms with E-state index in [0.717, 1.165) is 0 Å². The van der Waals surface area contributed by atoms with Crippen molar-refractivity contribution in [1.82, 2.24) is 16.0 Å². The number of alkyl carbamates (subject to hydrolysis) is 2. The predicted molar refractivity (Wildman–Crippen MR) is 65.4 cm³/mol. The van der Waals surface area contributed by atoms with Crippen LogP contribution in [0.25, 0.3) is 0 Å². The fourth-order valence-corrected chi connectivity index (χ4v) is 1.84. The Labute approximate surface area is 107 Å². The summed E-state index contributed by atoms with van der Waals surface area (Å²) in [6, 6.07) is -0.102. The van der Waals surface area contributed by atoms with Crippen LogP contribution in [0.3, 0.4) is 0 Å². The largest absolute Gasteiger partial charge is 0.450 e. The number of piperidine rings is 1. The molecule has 18 heavy (non-hydrogen) atoms. The summed E-state index contributed by atoms with van der Waals surface area (Å²) in [6.45, 7) is 5.53. The molecule has 3 N–H and O–H groups in total. The number of hydrogen-bond donors (Lipinski definition) is 3. The molecular formula is C11H21N3O4. The summed E-state index contributed by atoms with van der Waals surface area (Å²) in [5.41, 5.74) is 0. The molecule has 1 aliphatic heterocycles. The van der Waals surface area contributed by atoms with Crippen molar-refractivity contribution in [3.05, 3.63) is 0 Å². The van der Waals surface area contributed by atoms with Crippen molar-refractivity contribution in [3.63, 3.8) is 0 Å². The molecule has 0 radical (unpaired) electrons. The minimum Gasteiger partial charge on any atom is -0.450 e. The van der Waals surface area contributed by atoms with Gasteiger partial charge in [-0.3, -0.25) is 0 Å². The SMILES string of the molecule is CCOC(=O)NC1CNC[C@@H](NC(=O)OCC)C1. The molecule has 0 saturated carbocycles. The van der Waals surface area contributed by atoms with Gasteiger partial charge in [0.1, 0.15) is 0 Å². The van der Waals surface area contributed by atoms with E-state index in [-0.39, 0.29) is 12.1 Å². The summed E-state index contributed by atoms with van der Waals surface area (Å²) in [6.07, 6.45) is -0.202. The molecule has 0 aliphatic carbocycles. The van der Waals surface area contributed by atoms with E-state index in [2.05, 4.69) is 16.0 Å². The first-order valence-electron chi connectivity index (χ1n) is 6.23. The maximum atomic E-state index is 11.3. The van der Waals surface area contributed by atoms with Gasteiger partial charge in [-0.05, 0) is 20.3 Å². The lowest BCUT2D eigenvalue weighted by molar-refractivity contribution is 0.138. The standard InChI is InChI=1S/C11H21N3O4/c1-3-17-10(15)13-8-5-9(7-12-6-8)14-11(16)18-4-2/h8-9,12H,3-7H2,1-2H3,(H,13,15)(H,14,16)/t8-,9?/m0/s1. The third-order valence-electron chi connectivity index (χ3n) is 2.55. The van der Waals surface area contributed by atoms with Crippen LogP contribution in [0, 0.1) is 0 Å². The fraction of sp³-hybridized carbons (Fsp3) is 0.818. The van der Waals surface area contributed by atoms with Gasteiger partial charge >= 0.3 is 12.2 Å². The molecule has 0 aromatic carbocycles. The van der Waals surface area contributed by atoms with Crippen molar-refractivity contribution in [1.29, 1.82) is 0 Å². The average Bonchev–Trinajstić information content (AvgIpc) is 2.29. The Morgan fingerprint density at radius 2 is 1.50 bits per heavy atom. The molecule has 1 heterocycles. The van der Waals surface area contributed by atoms with Gasteiger partial charge in [-0.25, -0.2) is 9.59 Å². The van der Waals surface area contributed by atoms with E-state index < -0.39 is 12.2 Å². The van der Waals surface area contributed by atoms with Crippen molar-refractivity contribution >= 4 is 12.2 Å². The molecule has 2 amide bonds. The van der Waals surface area contributed by atoms with E-state index in [0.29, 0.717) is 32.7 Å². The van der Waals surface area contributed by atoms with E-state index in [1.807, 2.05) is 0 Å². The zero-order valence-electron chi connectivity index (χ0n) is 10.8. The molecule has 7 nitrogen and oxygen atoms in total. The summed E-state index contributed by atoms with van der Waals surface area (Å²) in [4.78, 5) is 22.5. The second-order valence-electron chi connectivity index (χ2n) is 4.02. The van der Waals surface area contributed by atoms with E-state index in [9.17, 15) is 9.59 Å². The lowest BCUT2D eigenvalue weighted by Gasteiger charge is -2.30. The maximum Gasteiger partial charge on any atom is 0.407 e. The maximum absolute atomic E-state index is 11.3. The topological polar surface area (TPSA) is 88.7 Å². The predicted octanol–water partition coefficient (Wildman–Crippen LogP) is 0.209. The highest BCUT2D eigenvalue weighted by molar-refractivity contribution is 5.68. The van der Waals surface area contributed by atoms with Gasteiger partial charge in [-0.15, -0.1) is 0 Å². The zero-order valence-corrected chi connectivity index (χ0v) is 10.8. The van der Waals surface area contributed by atoms with Crippen molar-refractivity contribution in [2.45, 2.75) is 32.4 Å². The number of carbonyl (C=O) groups excluding carboxylic acids is 2. The van der Waals surface area contributed by atoms with Crippen LogP contribution in [0.2, 0.25) is 0 Å². The number of rotatable bonds is 4. The quantitative estimate of drug-likeness (QED) is 0.671. The number of hydrogen-bond acceptors (Lipinski definition) is 5. The van der Waals surface area contributed by atoms with Crippen LogP contribution in [0.15, 0.2) is 0 Å². The van der Waals surface area contributed by atoms with E-state index in [1.165, 1.54) is 0 Å². The van der Waals surface area contributed by atoms with Crippen LogP contribution < -0.4 is 16.0 Å². The highest BCUT2D eigenvalue weighted by atomic mass is 16.6. The molecule has 0 aromatic rings. The van der Waals surface area contributed by atoms with Gasteiger partial charge in [0.15, 0.2) is 0 Å². The Hall–Kier alpha value is -1.50. The first-order valence-corrected chi connectivity index (χ1v) is 6.23. The molecular weight excluding hydrogens is 238 g/mol. The van der Waals surface area contributed by atoms with E-state index in [1.54, 1.807) is 13.8 Å². The Morgan fingerprint density at radius 1 is 1.06 bits per heavy atom. The lowest BCUT2D eigenvalue weighted by atomic mass is 10.0. The molecule has 104 valence electrons. The molecule has 0 aromatic heterocycles. The molecule has 1 saturated heterocycles. The van der Waals surface area contributed by atoms with Gasteiger partial charge in [-0.2, -0.15) is 0 Å². The molecule has 0 spiro atoms. The van der Waals surface area contributed by atoms with Gasteiger partial charge < -0.3 is 25.4 Å². The summed E-state index contributed by atoms with van der Waals surface area (Å²) < 4.78 is 9.62. The smallest absolute Gasteiger partial charge is 0.407 e. The molecule has 0 bridgehead atoms. The Bertz CT molecular complexity index is 259. The average molecular weight is 259 g/mol. The van der Waals surface area contributed by atoms with Gasteiger partial charge in [0.05, 0.1) is 13.2 Å². The molecule has 1 fully saturated rings. The van der Waals surface area contributed by atoms with Crippen LogP contribution >= 0.6 is 0 Å². The minimum atomic E-state index is -0.430. The molecule has 1 rings (SSSR count). The number of carbonyl (C=O) groups is 2. The van der Waals surface area contributed by atoms with Crippen LogP contribution in [-0.2, 0) is 9.47 Å². The summed E-state index contributed by atoms with van der Waals surface area (Å²) >= 11 is 0. The van der Waals surface area contributed by atoms with Crippen LogP contribution in [0.4, 0.5) is 9.59 Å². The number of amides is 2. The van der Waals surface area contributed by atoms with Crippen molar-refractivity contribution in [2.75, 3.05) is 26.3 Å².